The third-order valence-electron chi connectivity index (χ3n) is 3.96. The molecule has 0 aliphatic carbocycles. The lowest BCUT2D eigenvalue weighted by Crippen LogP contribution is -2.25. The van der Waals surface area contributed by atoms with Gasteiger partial charge in [-0.25, -0.2) is 0 Å². The van der Waals surface area contributed by atoms with Crippen LogP contribution in [0.3, 0.4) is 0 Å². The molecule has 0 bridgehead atoms. The van der Waals surface area contributed by atoms with Gasteiger partial charge >= 0.3 is 0 Å². The van der Waals surface area contributed by atoms with Crippen molar-refractivity contribution in [2.24, 2.45) is 5.92 Å². The summed E-state index contributed by atoms with van der Waals surface area (Å²) in [6.07, 6.45) is 2.27. The van der Waals surface area contributed by atoms with Crippen molar-refractivity contribution in [3.05, 3.63) is 71.3 Å². The molecule has 0 fully saturated rings. The van der Waals surface area contributed by atoms with Crippen LogP contribution in [0.5, 0.6) is 0 Å². The largest absolute Gasteiger partial charge is 0.310 e. The van der Waals surface area contributed by atoms with E-state index in [2.05, 4.69) is 80.7 Å². The van der Waals surface area contributed by atoms with E-state index in [1.165, 1.54) is 23.1 Å². The lowest BCUT2D eigenvalue weighted by Gasteiger charge is -2.21. The predicted octanol–water partition coefficient (Wildman–Crippen LogP) is 4.91. The van der Waals surface area contributed by atoms with Crippen molar-refractivity contribution in [1.82, 2.24) is 5.32 Å². The minimum absolute atomic E-state index is 0.454. The summed E-state index contributed by atoms with van der Waals surface area (Å²) in [6.45, 7) is 7.80. The first-order valence-corrected chi connectivity index (χ1v) is 7.99. The molecule has 0 amide bonds. The molecule has 0 spiro atoms. The molecule has 1 unspecified atom stereocenters. The summed E-state index contributed by atoms with van der Waals surface area (Å²) >= 11 is 0. The Morgan fingerprint density at radius 2 is 1.57 bits per heavy atom. The van der Waals surface area contributed by atoms with Crippen LogP contribution in [0.1, 0.15) is 43.0 Å². The molecule has 0 aliphatic rings. The molecule has 1 heteroatoms. The second kappa shape index (κ2) is 7.99. The summed E-state index contributed by atoms with van der Waals surface area (Å²) in [5.41, 5.74) is 4.23. The van der Waals surface area contributed by atoms with Gasteiger partial charge in [-0.1, -0.05) is 68.4 Å². The van der Waals surface area contributed by atoms with Gasteiger partial charge in [0.25, 0.3) is 0 Å². The number of rotatable bonds is 7. The molecule has 1 atom stereocenters. The minimum Gasteiger partial charge on any atom is -0.310 e. The Morgan fingerprint density at radius 3 is 2.24 bits per heavy atom. The highest BCUT2D eigenvalue weighted by Gasteiger charge is 2.12. The lowest BCUT2D eigenvalue weighted by atomic mass is 9.96. The van der Waals surface area contributed by atoms with Crippen LogP contribution in [0.4, 0.5) is 0 Å². The highest BCUT2D eigenvalue weighted by Crippen LogP contribution is 2.21. The molecule has 2 rings (SSSR count). The van der Waals surface area contributed by atoms with Gasteiger partial charge in [0, 0.05) is 6.04 Å². The van der Waals surface area contributed by atoms with Crippen LogP contribution < -0.4 is 5.32 Å². The smallest absolute Gasteiger partial charge is 0.0322 e. The van der Waals surface area contributed by atoms with E-state index < -0.39 is 0 Å². The molecule has 0 radical (unpaired) electrons. The van der Waals surface area contributed by atoms with Crippen LogP contribution in [-0.4, -0.2) is 6.54 Å². The molecule has 2 aromatic rings. The van der Waals surface area contributed by atoms with Gasteiger partial charge in [0.1, 0.15) is 0 Å². The van der Waals surface area contributed by atoms with E-state index in [0.29, 0.717) is 12.0 Å². The number of hydrogen-bond donors (Lipinski definition) is 1. The molecule has 0 saturated heterocycles. The van der Waals surface area contributed by atoms with Gasteiger partial charge in [-0.3, -0.25) is 0 Å². The van der Waals surface area contributed by atoms with Gasteiger partial charge in [0.05, 0.1) is 0 Å². The van der Waals surface area contributed by atoms with E-state index in [0.717, 1.165) is 13.0 Å². The van der Waals surface area contributed by atoms with Crippen molar-refractivity contribution < 1.29 is 0 Å². The van der Waals surface area contributed by atoms with Crippen LogP contribution in [0.2, 0.25) is 0 Å². The Kier molecular flexibility index (Phi) is 6.01. The number of benzene rings is 2. The van der Waals surface area contributed by atoms with Crippen LogP contribution in [-0.2, 0) is 6.42 Å². The maximum atomic E-state index is 3.74. The number of hydrogen-bond acceptors (Lipinski definition) is 1. The zero-order valence-corrected chi connectivity index (χ0v) is 13.5. The summed E-state index contributed by atoms with van der Waals surface area (Å²) in [4.78, 5) is 0. The fourth-order valence-electron chi connectivity index (χ4n) is 2.77. The van der Waals surface area contributed by atoms with Crippen molar-refractivity contribution in [2.45, 2.75) is 39.7 Å². The zero-order chi connectivity index (χ0) is 15.1. The maximum absolute atomic E-state index is 3.74. The quantitative estimate of drug-likeness (QED) is 0.760. The molecule has 1 nitrogen and oxygen atoms in total. The molecule has 0 heterocycles. The predicted molar refractivity (Wildman–Crippen MR) is 91.5 cm³/mol. The Bertz CT molecular complexity index is 531. The maximum Gasteiger partial charge on any atom is 0.0322 e. The van der Waals surface area contributed by atoms with Crippen LogP contribution in [0, 0.1) is 12.8 Å². The molecular weight excluding hydrogens is 254 g/mol. The second-order valence-corrected chi connectivity index (χ2v) is 6.22. The Labute approximate surface area is 129 Å². The minimum atomic E-state index is 0.454. The average molecular weight is 281 g/mol. The van der Waals surface area contributed by atoms with E-state index in [1.807, 2.05) is 0 Å². The van der Waals surface area contributed by atoms with Gasteiger partial charge in [-0.2, -0.15) is 0 Å². The first kappa shape index (κ1) is 15.8. The summed E-state index contributed by atoms with van der Waals surface area (Å²) < 4.78 is 0. The summed E-state index contributed by atoms with van der Waals surface area (Å²) in [7, 11) is 0. The Balaban J connectivity index is 1.95. The van der Waals surface area contributed by atoms with Gasteiger partial charge < -0.3 is 5.32 Å². The van der Waals surface area contributed by atoms with Crippen LogP contribution in [0.25, 0.3) is 0 Å². The third kappa shape index (κ3) is 5.02. The van der Waals surface area contributed by atoms with Crippen molar-refractivity contribution in [3.8, 4) is 0 Å². The van der Waals surface area contributed by atoms with Crippen molar-refractivity contribution in [1.29, 1.82) is 0 Å². The molecule has 112 valence electrons. The highest BCUT2D eigenvalue weighted by molar-refractivity contribution is 5.26. The average Bonchev–Trinajstić information content (AvgIpc) is 2.49. The fourth-order valence-corrected chi connectivity index (χ4v) is 2.77. The van der Waals surface area contributed by atoms with E-state index in [-0.39, 0.29) is 0 Å². The molecule has 1 N–H and O–H groups in total. The third-order valence-corrected chi connectivity index (χ3v) is 3.96. The molecule has 0 aliphatic heterocycles. The summed E-state index contributed by atoms with van der Waals surface area (Å²) in [6, 6.07) is 19.9. The summed E-state index contributed by atoms with van der Waals surface area (Å²) in [5, 5.41) is 3.74. The van der Waals surface area contributed by atoms with E-state index >= 15 is 0 Å². The molecule has 21 heavy (non-hydrogen) atoms. The van der Waals surface area contributed by atoms with Gasteiger partial charge in [-0.05, 0) is 48.9 Å². The van der Waals surface area contributed by atoms with Gasteiger partial charge in [0.15, 0.2) is 0 Å². The van der Waals surface area contributed by atoms with Crippen molar-refractivity contribution >= 4 is 0 Å². The monoisotopic (exact) mass is 281 g/mol. The van der Waals surface area contributed by atoms with Crippen molar-refractivity contribution in [3.63, 3.8) is 0 Å². The van der Waals surface area contributed by atoms with E-state index in [1.54, 1.807) is 0 Å². The van der Waals surface area contributed by atoms with E-state index in [9.17, 15) is 0 Å². The first-order valence-electron chi connectivity index (χ1n) is 7.99. The Hall–Kier alpha value is -1.60. The summed E-state index contributed by atoms with van der Waals surface area (Å²) in [5.74, 6) is 0.696. The van der Waals surface area contributed by atoms with Gasteiger partial charge in [0.2, 0.25) is 0 Å². The van der Waals surface area contributed by atoms with Crippen molar-refractivity contribution in [2.75, 3.05) is 6.54 Å². The molecule has 2 aromatic carbocycles. The second-order valence-electron chi connectivity index (χ2n) is 6.22. The zero-order valence-electron chi connectivity index (χ0n) is 13.5. The number of aryl methyl sites for hydroxylation is 1. The molecule has 0 aromatic heterocycles. The lowest BCUT2D eigenvalue weighted by molar-refractivity contribution is 0.432. The number of nitrogens with one attached hydrogen (secondary N) is 1. The normalized spacial score (nSPS) is 12.6. The SMILES string of the molecule is Cc1ccccc1CCNC(CC(C)C)c1ccccc1. The molecular formula is C20H27N. The van der Waals surface area contributed by atoms with Crippen LogP contribution in [0.15, 0.2) is 54.6 Å². The van der Waals surface area contributed by atoms with Crippen LogP contribution >= 0.6 is 0 Å². The first-order chi connectivity index (χ1) is 10.2. The Morgan fingerprint density at radius 1 is 0.905 bits per heavy atom. The molecule has 0 saturated carbocycles. The standard InChI is InChI=1S/C20H27N/c1-16(2)15-20(19-11-5-4-6-12-19)21-14-13-18-10-8-7-9-17(18)3/h4-12,16,20-21H,13-15H2,1-3H3. The van der Waals surface area contributed by atoms with Gasteiger partial charge in [-0.15, -0.1) is 0 Å². The topological polar surface area (TPSA) is 12.0 Å². The highest BCUT2D eigenvalue weighted by atomic mass is 14.9. The van der Waals surface area contributed by atoms with E-state index in [4.69, 9.17) is 0 Å². The fraction of sp³-hybridized carbons (Fsp3) is 0.400.